The number of nitrogens with zero attached hydrogens (tertiary/aromatic N) is 2. The van der Waals surface area contributed by atoms with Crippen LogP contribution >= 0.6 is 15.9 Å². The summed E-state index contributed by atoms with van der Waals surface area (Å²) in [7, 11) is 0. The molecule has 2 aromatic carbocycles. The monoisotopic (exact) mass is 368 g/mol. The van der Waals surface area contributed by atoms with Gasteiger partial charge in [0, 0.05) is 23.5 Å². The van der Waals surface area contributed by atoms with Crippen LogP contribution in [0.5, 0.6) is 0 Å². The quantitative estimate of drug-likeness (QED) is 0.791. The van der Waals surface area contributed by atoms with Crippen LogP contribution in [0.25, 0.3) is 0 Å². The average molecular weight is 369 g/mol. The minimum absolute atomic E-state index is 0.177. The first-order valence-corrected chi connectivity index (χ1v) is 8.48. The zero-order chi connectivity index (χ0) is 16.2. The Kier molecular flexibility index (Phi) is 4.78. The van der Waals surface area contributed by atoms with Crippen molar-refractivity contribution in [3.05, 3.63) is 69.7 Å². The van der Waals surface area contributed by atoms with E-state index in [2.05, 4.69) is 22.0 Å². The van der Waals surface area contributed by atoms with Crippen LogP contribution in [0.2, 0.25) is 0 Å². The van der Waals surface area contributed by atoms with Crippen molar-refractivity contribution >= 4 is 21.8 Å². The smallest absolute Gasteiger partial charge is 0.226 e. The summed E-state index contributed by atoms with van der Waals surface area (Å²) in [5, 5.41) is 9.08. The van der Waals surface area contributed by atoms with Crippen molar-refractivity contribution in [3.8, 4) is 6.07 Å². The van der Waals surface area contributed by atoms with Gasteiger partial charge in [0.2, 0.25) is 5.91 Å². The van der Waals surface area contributed by atoms with Crippen LogP contribution in [-0.4, -0.2) is 10.8 Å². The van der Waals surface area contributed by atoms with Gasteiger partial charge in [-0.25, -0.2) is 0 Å². The Morgan fingerprint density at radius 2 is 1.91 bits per heavy atom. The number of hydrogen-bond acceptors (Lipinski definition) is 2. The van der Waals surface area contributed by atoms with E-state index in [4.69, 9.17) is 5.26 Å². The standard InChI is InChI=1S/C19H17BrN2O/c20-18-9-6-15(11-21)10-17(18)13-22(19(23)16-7-8-16)12-14-4-2-1-3-5-14/h1-6,9-10,16H,7-8,12-13H2. The lowest BCUT2D eigenvalue weighted by molar-refractivity contribution is -0.133. The molecule has 0 aromatic heterocycles. The predicted molar refractivity (Wildman–Crippen MR) is 92.3 cm³/mol. The summed E-state index contributed by atoms with van der Waals surface area (Å²) in [6.07, 6.45) is 1.98. The molecule has 0 heterocycles. The van der Waals surface area contributed by atoms with Crippen molar-refractivity contribution in [2.45, 2.75) is 25.9 Å². The fraction of sp³-hybridized carbons (Fsp3) is 0.263. The van der Waals surface area contributed by atoms with Crippen LogP contribution in [0.3, 0.4) is 0 Å². The van der Waals surface area contributed by atoms with Gasteiger partial charge in [0.1, 0.15) is 0 Å². The average Bonchev–Trinajstić information content (AvgIpc) is 3.41. The lowest BCUT2D eigenvalue weighted by Gasteiger charge is -2.24. The van der Waals surface area contributed by atoms with Crippen molar-refractivity contribution < 1.29 is 4.79 Å². The topological polar surface area (TPSA) is 44.1 Å². The number of amides is 1. The third kappa shape index (κ3) is 4.00. The molecule has 0 bridgehead atoms. The molecule has 1 amide bonds. The van der Waals surface area contributed by atoms with Crippen LogP contribution in [0.15, 0.2) is 53.0 Å². The van der Waals surface area contributed by atoms with E-state index >= 15 is 0 Å². The van der Waals surface area contributed by atoms with Crippen molar-refractivity contribution in [1.29, 1.82) is 5.26 Å². The number of carbonyl (C=O) groups is 1. The number of hydrogen-bond donors (Lipinski definition) is 0. The van der Waals surface area contributed by atoms with Crippen molar-refractivity contribution in [2.75, 3.05) is 0 Å². The van der Waals surface area contributed by atoms with E-state index in [1.165, 1.54) is 0 Å². The summed E-state index contributed by atoms with van der Waals surface area (Å²) in [5.74, 6) is 0.389. The molecular weight excluding hydrogens is 352 g/mol. The maximum Gasteiger partial charge on any atom is 0.226 e. The Labute approximate surface area is 144 Å². The van der Waals surface area contributed by atoms with E-state index in [-0.39, 0.29) is 11.8 Å². The van der Waals surface area contributed by atoms with Gasteiger partial charge in [0.15, 0.2) is 0 Å². The van der Waals surface area contributed by atoms with Gasteiger partial charge in [0.05, 0.1) is 11.6 Å². The lowest BCUT2D eigenvalue weighted by atomic mass is 10.1. The highest BCUT2D eigenvalue weighted by Gasteiger charge is 2.33. The van der Waals surface area contributed by atoms with Gasteiger partial charge in [-0.2, -0.15) is 5.26 Å². The molecule has 116 valence electrons. The first-order valence-electron chi connectivity index (χ1n) is 7.68. The van der Waals surface area contributed by atoms with E-state index in [0.29, 0.717) is 18.7 Å². The predicted octanol–water partition coefficient (Wildman–Crippen LogP) is 4.26. The molecule has 1 aliphatic carbocycles. The summed E-state index contributed by atoms with van der Waals surface area (Å²) < 4.78 is 0.929. The van der Waals surface area contributed by atoms with Gasteiger partial charge in [-0.3, -0.25) is 4.79 Å². The largest absolute Gasteiger partial charge is 0.334 e. The summed E-state index contributed by atoms with van der Waals surface area (Å²) in [6, 6.07) is 17.7. The highest BCUT2D eigenvalue weighted by Crippen LogP contribution is 2.32. The Hall–Kier alpha value is -2.12. The van der Waals surface area contributed by atoms with E-state index in [1.54, 1.807) is 6.07 Å². The van der Waals surface area contributed by atoms with Crippen molar-refractivity contribution in [2.24, 2.45) is 5.92 Å². The second-order valence-electron chi connectivity index (χ2n) is 5.87. The fourth-order valence-corrected chi connectivity index (χ4v) is 2.95. The van der Waals surface area contributed by atoms with Crippen LogP contribution in [-0.2, 0) is 17.9 Å². The van der Waals surface area contributed by atoms with E-state index in [9.17, 15) is 4.79 Å². The molecule has 0 radical (unpaired) electrons. The molecule has 0 N–H and O–H groups in total. The molecule has 23 heavy (non-hydrogen) atoms. The molecule has 1 aliphatic rings. The fourth-order valence-electron chi connectivity index (χ4n) is 2.58. The molecule has 0 spiro atoms. The number of benzene rings is 2. The van der Waals surface area contributed by atoms with Gasteiger partial charge >= 0.3 is 0 Å². The Balaban J connectivity index is 1.84. The van der Waals surface area contributed by atoms with Gasteiger partial charge in [0.25, 0.3) is 0 Å². The SMILES string of the molecule is N#Cc1ccc(Br)c(CN(Cc2ccccc2)C(=O)C2CC2)c1. The maximum absolute atomic E-state index is 12.6. The van der Waals surface area contributed by atoms with Crippen molar-refractivity contribution in [1.82, 2.24) is 4.90 Å². The van der Waals surface area contributed by atoms with Crippen LogP contribution < -0.4 is 0 Å². The van der Waals surface area contributed by atoms with Crippen LogP contribution in [0, 0.1) is 17.2 Å². The molecule has 4 heteroatoms. The first-order chi connectivity index (χ1) is 11.2. The summed E-state index contributed by atoms with van der Waals surface area (Å²) in [5.41, 5.74) is 2.70. The lowest BCUT2D eigenvalue weighted by Crippen LogP contribution is -2.31. The van der Waals surface area contributed by atoms with Gasteiger partial charge in [-0.15, -0.1) is 0 Å². The van der Waals surface area contributed by atoms with Crippen LogP contribution in [0.4, 0.5) is 0 Å². The third-order valence-corrected chi connectivity index (χ3v) is 4.76. The highest BCUT2D eigenvalue weighted by atomic mass is 79.9. The van der Waals surface area contributed by atoms with E-state index in [0.717, 1.165) is 28.4 Å². The molecule has 3 nitrogen and oxygen atoms in total. The minimum Gasteiger partial charge on any atom is -0.334 e. The van der Waals surface area contributed by atoms with Gasteiger partial charge < -0.3 is 4.90 Å². The number of carbonyl (C=O) groups excluding carboxylic acids is 1. The van der Waals surface area contributed by atoms with Gasteiger partial charge in [-0.05, 0) is 42.2 Å². The molecule has 1 fully saturated rings. The molecule has 3 rings (SSSR count). The zero-order valence-electron chi connectivity index (χ0n) is 12.7. The first kappa shape index (κ1) is 15.8. The summed E-state index contributed by atoms with van der Waals surface area (Å²) in [6.45, 7) is 1.11. The Morgan fingerprint density at radius 1 is 1.17 bits per heavy atom. The summed E-state index contributed by atoms with van der Waals surface area (Å²) in [4.78, 5) is 14.5. The second kappa shape index (κ2) is 6.97. The molecule has 0 saturated heterocycles. The molecule has 1 saturated carbocycles. The molecule has 2 aromatic rings. The maximum atomic E-state index is 12.6. The molecule has 0 unspecified atom stereocenters. The molecular formula is C19H17BrN2O. The van der Waals surface area contributed by atoms with E-state index < -0.39 is 0 Å². The van der Waals surface area contributed by atoms with Crippen LogP contribution in [0.1, 0.15) is 29.5 Å². The zero-order valence-corrected chi connectivity index (χ0v) is 14.3. The summed E-state index contributed by atoms with van der Waals surface area (Å²) >= 11 is 3.53. The minimum atomic E-state index is 0.177. The number of rotatable bonds is 5. The number of nitriles is 1. The second-order valence-corrected chi connectivity index (χ2v) is 6.73. The third-order valence-electron chi connectivity index (χ3n) is 3.99. The van der Waals surface area contributed by atoms with E-state index in [1.807, 2.05) is 47.4 Å². The number of halogens is 1. The Morgan fingerprint density at radius 3 is 2.57 bits per heavy atom. The Bertz CT molecular complexity index is 748. The normalized spacial score (nSPS) is 13.4. The van der Waals surface area contributed by atoms with Gasteiger partial charge in [-0.1, -0.05) is 46.3 Å². The van der Waals surface area contributed by atoms with Crippen molar-refractivity contribution in [3.63, 3.8) is 0 Å². The molecule has 0 atom stereocenters. The molecule has 0 aliphatic heterocycles. The highest BCUT2D eigenvalue weighted by molar-refractivity contribution is 9.10.